The van der Waals surface area contributed by atoms with Crippen LogP contribution in [-0.2, 0) is 16.1 Å². The van der Waals surface area contributed by atoms with Gasteiger partial charge >= 0.3 is 5.97 Å². The molecule has 1 heterocycles. The summed E-state index contributed by atoms with van der Waals surface area (Å²) in [6.45, 7) is 4.84. The molecule has 1 aromatic carbocycles. The van der Waals surface area contributed by atoms with Crippen LogP contribution in [0.15, 0.2) is 18.2 Å². The molecule has 0 bridgehead atoms. The number of likely N-dealkylation sites (N-methyl/N-ethyl adjacent to an activating group) is 1. The minimum absolute atomic E-state index is 0.0699. The molecule has 0 aromatic heterocycles. The van der Waals surface area contributed by atoms with Crippen LogP contribution >= 0.6 is 11.6 Å². The van der Waals surface area contributed by atoms with E-state index >= 15 is 0 Å². The van der Waals surface area contributed by atoms with Gasteiger partial charge in [0.05, 0.1) is 12.0 Å². The van der Waals surface area contributed by atoms with E-state index in [-0.39, 0.29) is 29.0 Å². The Morgan fingerprint density at radius 2 is 2.12 bits per heavy atom. The van der Waals surface area contributed by atoms with E-state index in [1.165, 1.54) is 17.0 Å². The van der Waals surface area contributed by atoms with Crippen molar-refractivity contribution >= 4 is 23.5 Å². The number of carbonyl (C=O) groups excluding carboxylic acids is 1. The summed E-state index contributed by atoms with van der Waals surface area (Å²) in [6, 6.07) is 3.95. The first-order chi connectivity index (χ1) is 11.7. The maximum Gasteiger partial charge on any atom is 0.307 e. The molecule has 0 aliphatic carbocycles. The van der Waals surface area contributed by atoms with E-state index in [0.29, 0.717) is 19.5 Å². The molecule has 0 radical (unpaired) electrons. The zero-order valence-electron chi connectivity index (χ0n) is 14.7. The van der Waals surface area contributed by atoms with Crippen molar-refractivity contribution in [3.63, 3.8) is 0 Å². The summed E-state index contributed by atoms with van der Waals surface area (Å²) in [4.78, 5) is 27.4. The van der Waals surface area contributed by atoms with Crippen LogP contribution in [0.2, 0.25) is 5.02 Å². The first-order valence-corrected chi connectivity index (χ1v) is 8.73. The largest absolute Gasteiger partial charge is 0.481 e. The van der Waals surface area contributed by atoms with E-state index < -0.39 is 23.7 Å². The van der Waals surface area contributed by atoms with Crippen LogP contribution in [0.1, 0.15) is 25.8 Å². The summed E-state index contributed by atoms with van der Waals surface area (Å²) < 4.78 is 13.9. The lowest BCUT2D eigenvalue weighted by Gasteiger charge is -2.39. The number of likely N-dealkylation sites (tertiary alicyclic amines) is 1. The van der Waals surface area contributed by atoms with E-state index in [0.717, 1.165) is 0 Å². The number of hydrogen-bond donors (Lipinski definition) is 1. The fourth-order valence-corrected chi connectivity index (χ4v) is 3.58. The standard InChI is InChI=1S/C18H24ClFN2O3/c1-11-7-13(18(24)25)9-22(8-11)12(2)17(23)21(3)10-14-15(19)5-4-6-16(14)20/h4-6,11-13H,7-10H2,1-3H3,(H,24,25). The second-order valence-corrected chi connectivity index (χ2v) is 7.31. The summed E-state index contributed by atoms with van der Waals surface area (Å²) in [5.74, 6) is -1.72. The zero-order chi connectivity index (χ0) is 18.7. The Hall–Kier alpha value is -1.66. The minimum atomic E-state index is -0.831. The predicted molar refractivity (Wildman–Crippen MR) is 93.8 cm³/mol. The number of piperidine rings is 1. The number of halogens is 2. The lowest BCUT2D eigenvalue weighted by molar-refractivity contribution is -0.147. The lowest BCUT2D eigenvalue weighted by atomic mass is 9.89. The molecule has 1 aliphatic heterocycles. The average Bonchev–Trinajstić information content (AvgIpc) is 2.56. The molecule has 1 saturated heterocycles. The Morgan fingerprint density at radius 3 is 2.72 bits per heavy atom. The number of rotatable bonds is 5. The highest BCUT2D eigenvalue weighted by Crippen LogP contribution is 2.25. The normalized spacial score (nSPS) is 22.4. The van der Waals surface area contributed by atoms with Crippen molar-refractivity contribution in [2.24, 2.45) is 11.8 Å². The second-order valence-electron chi connectivity index (χ2n) is 6.90. The summed E-state index contributed by atoms with van der Waals surface area (Å²) in [5, 5.41) is 9.56. The van der Waals surface area contributed by atoms with Gasteiger partial charge in [-0.3, -0.25) is 14.5 Å². The topological polar surface area (TPSA) is 60.9 Å². The molecule has 5 nitrogen and oxygen atoms in total. The van der Waals surface area contributed by atoms with Gasteiger partial charge < -0.3 is 10.0 Å². The highest BCUT2D eigenvalue weighted by Gasteiger charge is 2.34. The monoisotopic (exact) mass is 370 g/mol. The van der Waals surface area contributed by atoms with Gasteiger partial charge in [-0.2, -0.15) is 0 Å². The number of benzene rings is 1. The van der Waals surface area contributed by atoms with E-state index in [1.807, 2.05) is 11.8 Å². The fraction of sp³-hybridized carbons (Fsp3) is 0.556. The molecule has 3 atom stereocenters. The number of carboxylic acid groups (broad SMARTS) is 1. The van der Waals surface area contributed by atoms with E-state index in [2.05, 4.69) is 0 Å². The van der Waals surface area contributed by atoms with Crippen LogP contribution in [0.3, 0.4) is 0 Å². The molecule has 2 rings (SSSR count). The number of carbonyl (C=O) groups is 2. The Kier molecular flexibility index (Phi) is 6.41. The molecule has 25 heavy (non-hydrogen) atoms. The number of hydrogen-bond acceptors (Lipinski definition) is 3. The van der Waals surface area contributed by atoms with Crippen LogP contribution in [0.4, 0.5) is 4.39 Å². The molecule has 3 unspecified atom stereocenters. The van der Waals surface area contributed by atoms with Gasteiger partial charge in [0.2, 0.25) is 5.91 Å². The Bertz CT molecular complexity index is 635. The average molecular weight is 371 g/mol. The van der Waals surface area contributed by atoms with Gasteiger partial charge in [-0.1, -0.05) is 24.6 Å². The highest BCUT2D eigenvalue weighted by atomic mass is 35.5. The van der Waals surface area contributed by atoms with Crippen molar-refractivity contribution in [3.8, 4) is 0 Å². The first-order valence-electron chi connectivity index (χ1n) is 8.35. The van der Waals surface area contributed by atoms with Gasteiger partial charge in [-0.25, -0.2) is 4.39 Å². The molecular formula is C18H24ClFN2O3. The van der Waals surface area contributed by atoms with Crippen molar-refractivity contribution in [3.05, 3.63) is 34.6 Å². The highest BCUT2D eigenvalue weighted by molar-refractivity contribution is 6.31. The smallest absolute Gasteiger partial charge is 0.307 e. The molecule has 0 saturated carbocycles. The summed E-state index contributed by atoms with van der Waals surface area (Å²) >= 11 is 6.03. The third-order valence-electron chi connectivity index (χ3n) is 4.78. The van der Waals surface area contributed by atoms with Gasteiger partial charge in [0, 0.05) is 37.3 Å². The van der Waals surface area contributed by atoms with Crippen molar-refractivity contribution < 1.29 is 19.1 Å². The third kappa shape index (κ3) is 4.70. The second kappa shape index (κ2) is 8.15. The van der Waals surface area contributed by atoms with Crippen LogP contribution in [-0.4, -0.2) is 53.0 Å². The SMILES string of the molecule is CC1CC(C(=O)O)CN(C(C)C(=O)N(C)Cc2c(F)cccc2Cl)C1. The van der Waals surface area contributed by atoms with Gasteiger partial charge in [0.1, 0.15) is 5.82 Å². The van der Waals surface area contributed by atoms with E-state index in [1.54, 1.807) is 20.0 Å². The molecule has 7 heteroatoms. The lowest BCUT2D eigenvalue weighted by Crippen LogP contribution is -2.52. The molecule has 1 aliphatic rings. The number of aliphatic carboxylic acids is 1. The van der Waals surface area contributed by atoms with Crippen molar-refractivity contribution in [1.29, 1.82) is 0 Å². The zero-order valence-corrected chi connectivity index (χ0v) is 15.5. The predicted octanol–water partition coefficient (Wildman–Crippen LogP) is 2.87. The first kappa shape index (κ1) is 19.7. The quantitative estimate of drug-likeness (QED) is 0.865. The number of carboxylic acids is 1. The summed E-state index contributed by atoms with van der Waals surface area (Å²) in [7, 11) is 1.60. The van der Waals surface area contributed by atoms with Crippen LogP contribution in [0, 0.1) is 17.7 Å². The maximum atomic E-state index is 13.9. The molecule has 0 spiro atoms. The fourth-order valence-electron chi connectivity index (χ4n) is 3.36. The summed E-state index contributed by atoms with van der Waals surface area (Å²) in [6.07, 6.45) is 0.618. The Labute approximate surface area is 152 Å². The van der Waals surface area contributed by atoms with Crippen molar-refractivity contribution in [2.75, 3.05) is 20.1 Å². The molecule has 138 valence electrons. The molecule has 1 fully saturated rings. The van der Waals surface area contributed by atoms with Gasteiger partial charge in [0.25, 0.3) is 0 Å². The number of nitrogens with zero attached hydrogens (tertiary/aromatic N) is 2. The van der Waals surface area contributed by atoms with Crippen LogP contribution in [0.5, 0.6) is 0 Å². The van der Waals surface area contributed by atoms with Gasteiger partial charge in [-0.15, -0.1) is 0 Å². The van der Waals surface area contributed by atoms with Crippen LogP contribution in [0.25, 0.3) is 0 Å². The van der Waals surface area contributed by atoms with Gasteiger partial charge in [0.15, 0.2) is 0 Å². The molecule has 1 N–H and O–H groups in total. The Balaban J connectivity index is 2.07. The Morgan fingerprint density at radius 1 is 1.44 bits per heavy atom. The van der Waals surface area contributed by atoms with Crippen LogP contribution < -0.4 is 0 Å². The van der Waals surface area contributed by atoms with Crippen molar-refractivity contribution in [2.45, 2.75) is 32.9 Å². The molecular weight excluding hydrogens is 347 g/mol. The van der Waals surface area contributed by atoms with Gasteiger partial charge in [-0.05, 0) is 31.4 Å². The molecule has 1 amide bonds. The minimum Gasteiger partial charge on any atom is -0.481 e. The van der Waals surface area contributed by atoms with E-state index in [4.69, 9.17) is 11.6 Å². The van der Waals surface area contributed by atoms with Crippen molar-refractivity contribution in [1.82, 2.24) is 9.80 Å². The third-order valence-corrected chi connectivity index (χ3v) is 5.13. The van der Waals surface area contributed by atoms with E-state index in [9.17, 15) is 19.1 Å². The maximum absolute atomic E-state index is 13.9. The molecule has 1 aromatic rings. The number of amides is 1. The summed E-state index contributed by atoms with van der Waals surface area (Å²) in [5.41, 5.74) is 0.280.